The third-order valence-corrected chi connectivity index (χ3v) is 2.42. The van der Waals surface area contributed by atoms with Crippen LogP contribution in [0.5, 0.6) is 17.2 Å². The summed E-state index contributed by atoms with van der Waals surface area (Å²) in [6, 6.07) is 4.76. The summed E-state index contributed by atoms with van der Waals surface area (Å²) < 4.78 is 15.5. The van der Waals surface area contributed by atoms with E-state index in [0.717, 1.165) is 4.90 Å². The average Bonchev–Trinajstić information content (AvgIpc) is 2.43. The van der Waals surface area contributed by atoms with E-state index in [9.17, 15) is 4.79 Å². The number of ether oxygens (including phenoxy) is 3. The fourth-order valence-electron chi connectivity index (χ4n) is 1.49. The molecule has 0 spiro atoms. The van der Waals surface area contributed by atoms with Crippen LogP contribution >= 0.6 is 0 Å². The minimum atomic E-state index is -0.711. The lowest BCUT2D eigenvalue weighted by Gasteiger charge is -2.20. The number of benzene rings is 1. The molecule has 0 aromatic heterocycles. The molecule has 6 nitrogen and oxygen atoms in total. The first kappa shape index (κ1) is 13.6. The molecule has 0 unspecified atom stereocenters. The normalized spacial score (nSPS) is 9.28. The lowest BCUT2D eigenvalue weighted by molar-refractivity contribution is -0.113. The van der Waals surface area contributed by atoms with Crippen molar-refractivity contribution in [3.63, 3.8) is 0 Å². The number of carbonyl (C=O) groups excluding carboxylic acids is 1. The van der Waals surface area contributed by atoms with Crippen molar-refractivity contribution in [2.45, 2.75) is 0 Å². The van der Waals surface area contributed by atoms with Crippen LogP contribution in [0.3, 0.4) is 0 Å². The van der Waals surface area contributed by atoms with Crippen molar-refractivity contribution in [1.82, 2.24) is 0 Å². The van der Waals surface area contributed by atoms with Gasteiger partial charge in [-0.15, -0.1) is 0 Å². The molecule has 0 saturated carbocycles. The second-order valence-electron chi connectivity index (χ2n) is 3.36. The van der Waals surface area contributed by atoms with E-state index in [-0.39, 0.29) is 0 Å². The van der Waals surface area contributed by atoms with Crippen LogP contribution in [0.15, 0.2) is 12.1 Å². The van der Waals surface area contributed by atoms with Crippen molar-refractivity contribution in [1.29, 1.82) is 5.26 Å². The van der Waals surface area contributed by atoms with Crippen molar-refractivity contribution >= 4 is 11.6 Å². The summed E-state index contributed by atoms with van der Waals surface area (Å²) in [6.45, 7) is 0. The van der Waals surface area contributed by atoms with Gasteiger partial charge in [0, 0.05) is 19.2 Å². The van der Waals surface area contributed by atoms with Gasteiger partial charge >= 0.3 is 5.91 Å². The fraction of sp³-hybridized carbons (Fsp3) is 0.333. The molecule has 1 rings (SSSR count). The molecule has 1 aromatic carbocycles. The third kappa shape index (κ3) is 2.46. The molecule has 1 aromatic rings. The molecule has 0 N–H and O–H groups in total. The van der Waals surface area contributed by atoms with E-state index in [0.29, 0.717) is 22.9 Å². The predicted molar refractivity (Wildman–Crippen MR) is 65.1 cm³/mol. The SMILES string of the molecule is COc1cc(OC)c(N(C)C(=O)C#N)c(OC)c1. The van der Waals surface area contributed by atoms with E-state index in [4.69, 9.17) is 19.5 Å². The number of hydrogen-bond acceptors (Lipinski definition) is 5. The molecule has 1 amide bonds. The summed E-state index contributed by atoms with van der Waals surface area (Å²) in [5, 5.41) is 8.65. The van der Waals surface area contributed by atoms with Gasteiger partial charge in [0.25, 0.3) is 0 Å². The highest BCUT2D eigenvalue weighted by atomic mass is 16.5. The molecule has 6 heteroatoms. The van der Waals surface area contributed by atoms with Crippen LogP contribution < -0.4 is 19.1 Å². The Kier molecular flexibility index (Phi) is 4.38. The number of anilines is 1. The summed E-state index contributed by atoms with van der Waals surface area (Å²) in [5.41, 5.74) is 0.382. The standard InChI is InChI=1S/C12H14N2O4/c1-14(11(15)7-13)12-9(17-3)5-8(16-2)6-10(12)18-4/h5-6H,1-4H3. The van der Waals surface area contributed by atoms with Crippen molar-refractivity contribution in [3.05, 3.63) is 12.1 Å². The highest BCUT2D eigenvalue weighted by Gasteiger charge is 2.21. The Bertz CT molecular complexity index is 468. The summed E-state index contributed by atoms with van der Waals surface area (Å²) in [7, 11) is 5.90. The summed E-state index contributed by atoms with van der Waals surface area (Å²) in [5.74, 6) is 0.594. The van der Waals surface area contributed by atoms with Gasteiger partial charge < -0.3 is 14.2 Å². The minimum Gasteiger partial charge on any atom is -0.496 e. The van der Waals surface area contributed by atoms with Gasteiger partial charge in [-0.2, -0.15) is 5.26 Å². The molecule has 96 valence electrons. The number of nitriles is 1. The molecule has 18 heavy (non-hydrogen) atoms. The highest BCUT2D eigenvalue weighted by Crippen LogP contribution is 2.40. The van der Waals surface area contributed by atoms with Gasteiger partial charge in [-0.05, 0) is 0 Å². The van der Waals surface area contributed by atoms with Gasteiger partial charge in [0.2, 0.25) is 0 Å². The second-order valence-corrected chi connectivity index (χ2v) is 3.36. The van der Waals surface area contributed by atoms with Crippen LogP contribution in [0.2, 0.25) is 0 Å². The van der Waals surface area contributed by atoms with E-state index >= 15 is 0 Å². The maximum Gasteiger partial charge on any atom is 0.329 e. The maximum atomic E-state index is 11.4. The topological polar surface area (TPSA) is 71.8 Å². The molecule has 0 aliphatic carbocycles. The zero-order chi connectivity index (χ0) is 13.7. The van der Waals surface area contributed by atoms with Crippen molar-refractivity contribution in [2.24, 2.45) is 0 Å². The van der Waals surface area contributed by atoms with Crippen LogP contribution in [0.25, 0.3) is 0 Å². The van der Waals surface area contributed by atoms with E-state index in [1.807, 2.05) is 0 Å². The van der Waals surface area contributed by atoms with Gasteiger partial charge in [-0.3, -0.25) is 9.69 Å². The van der Waals surface area contributed by atoms with E-state index in [1.165, 1.54) is 34.4 Å². The summed E-state index contributed by atoms with van der Waals surface area (Å²) >= 11 is 0. The quantitative estimate of drug-likeness (QED) is 0.751. The Morgan fingerprint density at radius 2 is 1.67 bits per heavy atom. The Hall–Kier alpha value is -2.42. The predicted octanol–water partition coefficient (Wildman–Crippen LogP) is 1.20. The largest absolute Gasteiger partial charge is 0.496 e. The molecule has 0 aliphatic heterocycles. The van der Waals surface area contributed by atoms with Crippen LogP contribution in [0, 0.1) is 11.3 Å². The Balaban J connectivity index is 3.40. The molecule has 0 radical (unpaired) electrons. The number of nitrogens with zero attached hydrogens (tertiary/aromatic N) is 2. The van der Waals surface area contributed by atoms with E-state index < -0.39 is 5.91 Å². The summed E-state index contributed by atoms with van der Waals surface area (Å²) in [4.78, 5) is 12.6. The third-order valence-electron chi connectivity index (χ3n) is 2.42. The Morgan fingerprint density at radius 1 is 1.17 bits per heavy atom. The van der Waals surface area contributed by atoms with Crippen molar-refractivity contribution in [2.75, 3.05) is 33.3 Å². The lowest BCUT2D eigenvalue weighted by atomic mass is 10.2. The fourth-order valence-corrected chi connectivity index (χ4v) is 1.49. The number of carbonyl (C=O) groups is 1. The van der Waals surface area contributed by atoms with Gasteiger partial charge in [0.15, 0.2) is 6.07 Å². The number of hydrogen-bond donors (Lipinski definition) is 0. The first-order chi connectivity index (χ1) is 8.58. The van der Waals surface area contributed by atoms with Gasteiger partial charge in [0.1, 0.15) is 22.9 Å². The minimum absolute atomic E-state index is 0.382. The molecule has 0 heterocycles. The Morgan fingerprint density at radius 3 is 2.00 bits per heavy atom. The Labute approximate surface area is 105 Å². The average molecular weight is 250 g/mol. The monoisotopic (exact) mass is 250 g/mol. The van der Waals surface area contributed by atoms with Crippen molar-refractivity contribution < 1.29 is 19.0 Å². The molecule has 0 bridgehead atoms. The first-order valence-electron chi connectivity index (χ1n) is 5.06. The lowest BCUT2D eigenvalue weighted by Crippen LogP contribution is -2.25. The van der Waals surface area contributed by atoms with Crippen LogP contribution in [0.1, 0.15) is 0 Å². The smallest absolute Gasteiger partial charge is 0.329 e. The summed E-state index contributed by atoms with van der Waals surface area (Å²) in [6.07, 6.45) is 0. The number of methoxy groups -OCH3 is 3. The zero-order valence-electron chi connectivity index (χ0n) is 10.7. The number of rotatable bonds is 4. The van der Waals surface area contributed by atoms with Crippen LogP contribution in [-0.2, 0) is 4.79 Å². The maximum absolute atomic E-state index is 11.4. The molecule has 0 atom stereocenters. The molecule has 0 fully saturated rings. The molecule has 0 saturated heterocycles. The molecular weight excluding hydrogens is 236 g/mol. The highest BCUT2D eigenvalue weighted by molar-refractivity contribution is 6.05. The van der Waals surface area contributed by atoms with Crippen LogP contribution in [0.4, 0.5) is 5.69 Å². The van der Waals surface area contributed by atoms with Gasteiger partial charge in [-0.1, -0.05) is 0 Å². The van der Waals surface area contributed by atoms with Gasteiger partial charge in [-0.25, -0.2) is 0 Å². The van der Waals surface area contributed by atoms with Crippen LogP contribution in [-0.4, -0.2) is 34.3 Å². The first-order valence-corrected chi connectivity index (χ1v) is 5.06. The zero-order valence-corrected chi connectivity index (χ0v) is 10.7. The van der Waals surface area contributed by atoms with Gasteiger partial charge in [0.05, 0.1) is 21.3 Å². The molecular formula is C12H14N2O4. The number of amides is 1. The second kappa shape index (κ2) is 5.77. The van der Waals surface area contributed by atoms with E-state index in [2.05, 4.69) is 0 Å². The molecule has 0 aliphatic rings. The van der Waals surface area contributed by atoms with E-state index in [1.54, 1.807) is 12.1 Å². The van der Waals surface area contributed by atoms with Crippen molar-refractivity contribution in [3.8, 4) is 23.3 Å².